The molecular formula is C20H22N2OS. The molecule has 1 aliphatic carbocycles. The monoisotopic (exact) mass is 338 g/mol. The van der Waals surface area contributed by atoms with Gasteiger partial charge in [0.25, 0.3) is 0 Å². The van der Waals surface area contributed by atoms with Crippen molar-refractivity contribution in [3.63, 3.8) is 0 Å². The van der Waals surface area contributed by atoms with Gasteiger partial charge < -0.3 is 15.4 Å². The molecule has 3 rings (SSSR count). The molecule has 1 atom stereocenters. The maximum atomic E-state index is 5.48. The summed E-state index contributed by atoms with van der Waals surface area (Å²) >= 11 is 5.48. The fraction of sp³-hybridized carbons (Fsp3) is 0.250. The summed E-state index contributed by atoms with van der Waals surface area (Å²) in [5.74, 6) is 0.820. The van der Waals surface area contributed by atoms with Crippen molar-refractivity contribution in [3.8, 4) is 5.75 Å². The lowest BCUT2D eigenvalue weighted by molar-refractivity contribution is 0.363. The molecule has 0 radical (unpaired) electrons. The number of thiocarbonyl (C=S) groups is 1. The number of rotatable bonds is 5. The summed E-state index contributed by atoms with van der Waals surface area (Å²) in [4.78, 5) is 0. The van der Waals surface area contributed by atoms with E-state index >= 15 is 0 Å². The lowest BCUT2D eigenvalue weighted by atomic mass is 9.88. The molecule has 0 fully saturated rings. The maximum absolute atomic E-state index is 5.48. The number of aryl methyl sites for hydroxylation is 1. The third-order valence-corrected chi connectivity index (χ3v) is 4.37. The van der Waals surface area contributed by atoms with Crippen molar-refractivity contribution >= 4 is 23.0 Å². The third kappa shape index (κ3) is 4.15. The van der Waals surface area contributed by atoms with E-state index in [2.05, 4.69) is 41.5 Å². The molecule has 2 N–H and O–H groups in total. The Bertz CT molecular complexity index is 712. The Kier molecular flexibility index (Phi) is 5.49. The molecular weight excluding hydrogens is 316 g/mol. The third-order valence-electron chi connectivity index (χ3n) is 4.15. The first-order chi connectivity index (χ1) is 11.8. The van der Waals surface area contributed by atoms with E-state index in [-0.39, 0.29) is 6.04 Å². The van der Waals surface area contributed by atoms with Gasteiger partial charge in [-0.2, -0.15) is 0 Å². The molecule has 0 bridgehead atoms. The van der Waals surface area contributed by atoms with E-state index in [4.69, 9.17) is 17.0 Å². The van der Waals surface area contributed by atoms with Crippen LogP contribution >= 0.6 is 12.2 Å². The predicted octanol–water partition coefficient (Wildman–Crippen LogP) is 4.62. The Morgan fingerprint density at radius 3 is 2.79 bits per heavy atom. The zero-order valence-corrected chi connectivity index (χ0v) is 14.4. The van der Waals surface area contributed by atoms with Crippen molar-refractivity contribution < 1.29 is 4.74 Å². The molecule has 2 aromatic rings. The standard InChI is InChI=1S/C20H22N2OS/c1-2-14-23-17-12-10-16(11-13-17)21-20(24)22-19-9-5-7-15-6-3-4-8-18(15)19/h2-4,6,8,10-13,19H,1,5,7,9,14H2,(H2,21,22,24). The summed E-state index contributed by atoms with van der Waals surface area (Å²) < 4.78 is 5.48. The van der Waals surface area contributed by atoms with Crippen molar-refractivity contribution in [2.24, 2.45) is 0 Å². The van der Waals surface area contributed by atoms with E-state index in [0.29, 0.717) is 11.7 Å². The number of ether oxygens (including phenoxy) is 1. The average Bonchev–Trinajstić information content (AvgIpc) is 2.61. The lowest BCUT2D eigenvalue weighted by Crippen LogP contribution is -2.34. The number of hydrogen-bond donors (Lipinski definition) is 2. The summed E-state index contributed by atoms with van der Waals surface area (Å²) in [6, 6.07) is 16.6. The van der Waals surface area contributed by atoms with Crippen LogP contribution in [-0.4, -0.2) is 11.7 Å². The van der Waals surface area contributed by atoms with E-state index in [1.807, 2.05) is 24.3 Å². The average molecular weight is 338 g/mol. The Hall–Kier alpha value is -2.33. The van der Waals surface area contributed by atoms with Crippen LogP contribution in [0.3, 0.4) is 0 Å². The molecule has 4 heteroatoms. The van der Waals surface area contributed by atoms with Gasteiger partial charge in [0.2, 0.25) is 0 Å². The van der Waals surface area contributed by atoms with Crippen LogP contribution in [0.4, 0.5) is 5.69 Å². The normalized spacial score (nSPS) is 15.9. The Morgan fingerprint density at radius 1 is 1.21 bits per heavy atom. The van der Waals surface area contributed by atoms with Gasteiger partial charge in [0.05, 0.1) is 6.04 Å². The summed E-state index contributed by atoms with van der Waals surface area (Å²) in [5.41, 5.74) is 3.73. The quantitative estimate of drug-likeness (QED) is 0.616. The first-order valence-electron chi connectivity index (χ1n) is 8.25. The minimum absolute atomic E-state index is 0.283. The number of hydrogen-bond acceptors (Lipinski definition) is 2. The number of nitrogens with one attached hydrogen (secondary N) is 2. The van der Waals surface area contributed by atoms with Crippen LogP contribution in [0.1, 0.15) is 30.0 Å². The van der Waals surface area contributed by atoms with Crippen LogP contribution in [0, 0.1) is 0 Å². The smallest absolute Gasteiger partial charge is 0.171 e. The molecule has 24 heavy (non-hydrogen) atoms. The molecule has 3 nitrogen and oxygen atoms in total. The first kappa shape index (κ1) is 16.5. The molecule has 1 unspecified atom stereocenters. The van der Waals surface area contributed by atoms with Crippen molar-refractivity contribution in [1.82, 2.24) is 5.32 Å². The fourth-order valence-corrected chi connectivity index (χ4v) is 3.28. The molecule has 2 aromatic carbocycles. The highest BCUT2D eigenvalue weighted by molar-refractivity contribution is 7.80. The summed E-state index contributed by atoms with van der Waals surface area (Å²) in [7, 11) is 0. The van der Waals surface area contributed by atoms with E-state index < -0.39 is 0 Å². The zero-order valence-electron chi connectivity index (χ0n) is 13.6. The molecule has 0 amide bonds. The molecule has 124 valence electrons. The highest BCUT2D eigenvalue weighted by Gasteiger charge is 2.20. The first-order valence-corrected chi connectivity index (χ1v) is 8.66. The van der Waals surface area contributed by atoms with Crippen molar-refractivity contribution in [2.45, 2.75) is 25.3 Å². The Balaban J connectivity index is 1.59. The van der Waals surface area contributed by atoms with Gasteiger partial charge >= 0.3 is 0 Å². The van der Waals surface area contributed by atoms with E-state index in [9.17, 15) is 0 Å². The fourth-order valence-electron chi connectivity index (χ4n) is 3.02. The van der Waals surface area contributed by atoms with Gasteiger partial charge in [-0.25, -0.2) is 0 Å². The summed E-state index contributed by atoms with van der Waals surface area (Å²) in [5, 5.41) is 7.35. The van der Waals surface area contributed by atoms with Crippen LogP contribution in [0.2, 0.25) is 0 Å². The maximum Gasteiger partial charge on any atom is 0.171 e. The second-order valence-electron chi connectivity index (χ2n) is 5.87. The van der Waals surface area contributed by atoms with Crippen LogP contribution in [-0.2, 0) is 6.42 Å². The Morgan fingerprint density at radius 2 is 2.00 bits per heavy atom. The summed E-state index contributed by atoms with van der Waals surface area (Å²) in [6.07, 6.45) is 5.17. The van der Waals surface area contributed by atoms with E-state index in [1.165, 1.54) is 17.5 Å². The number of benzene rings is 2. The summed E-state index contributed by atoms with van der Waals surface area (Å²) in [6.45, 7) is 4.15. The van der Waals surface area contributed by atoms with Crippen LogP contribution < -0.4 is 15.4 Å². The van der Waals surface area contributed by atoms with Gasteiger partial charge in [-0.1, -0.05) is 36.9 Å². The highest BCUT2D eigenvalue weighted by atomic mass is 32.1. The highest BCUT2D eigenvalue weighted by Crippen LogP contribution is 2.29. The molecule has 0 aromatic heterocycles. The van der Waals surface area contributed by atoms with E-state index in [0.717, 1.165) is 24.3 Å². The topological polar surface area (TPSA) is 33.3 Å². The van der Waals surface area contributed by atoms with Gasteiger partial charge in [0, 0.05) is 5.69 Å². The SMILES string of the molecule is C=CCOc1ccc(NC(=S)NC2CCCc3ccccc32)cc1. The van der Waals surface area contributed by atoms with E-state index in [1.54, 1.807) is 6.08 Å². The molecule has 0 saturated heterocycles. The van der Waals surface area contributed by atoms with Gasteiger partial charge in [0.1, 0.15) is 12.4 Å². The lowest BCUT2D eigenvalue weighted by Gasteiger charge is -2.27. The van der Waals surface area contributed by atoms with Crippen molar-refractivity contribution in [2.75, 3.05) is 11.9 Å². The van der Waals surface area contributed by atoms with Gasteiger partial charge in [-0.15, -0.1) is 0 Å². The van der Waals surface area contributed by atoms with Crippen molar-refractivity contribution in [3.05, 3.63) is 72.3 Å². The van der Waals surface area contributed by atoms with Crippen LogP contribution in [0.15, 0.2) is 61.2 Å². The minimum atomic E-state index is 0.283. The molecule has 0 saturated carbocycles. The predicted molar refractivity (Wildman–Crippen MR) is 104 cm³/mol. The van der Waals surface area contributed by atoms with Gasteiger partial charge in [0.15, 0.2) is 5.11 Å². The minimum Gasteiger partial charge on any atom is -0.490 e. The molecule has 0 heterocycles. The van der Waals surface area contributed by atoms with Crippen LogP contribution in [0.5, 0.6) is 5.75 Å². The molecule has 0 aliphatic heterocycles. The Labute approximate surface area is 148 Å². The molecule has 0 spiro atoms. The van der Waals surface area contributed by atoms with Gasteiger partial charge in [-0.3, -0.25) is 0 Å². The largest absolute Gasteiger partial charge is 0.490 e. The number of fused-ring (bicyclic) bond motifs is 1. The van der Waals surface area contributed by atoms with Crippen LogP contribution in [0.25, 0.3) is 0 Å². The van der Waals surface area contributed by atoms with Gasteiger partial charge in [-0.05, 0) is 66.9 Å². The number of anilines is 1. The molecule has 1 aliphatic rings. The zero-order chi connectivity index (χ0) is 16.8. The second-order valence-corrected chi connectivity index (χ2v) is 6.27. The van der Waals surface area contributed by atoms with Crippen molar-refractivity contribution in [1.29, 1.82) is 0 Å². The second kappa shape index (κ2) is 7.97.